The minimum Gasteiger partial charge on any atom is -0.487 e. The zero-order chi connectivity index (χ0) is 20.2. The van der Waals surface area contributed by atoms with Crippen molar-refractivity contribution in [2.75, 3.05) is 0 Å². The summed E-state index contributed by atoms with van der Waals surface area (Å²) in [6, 6.07) is 8.70. The predicted octanol–water partition coefficient (Wildman–Crippen LogP) is 3.98. The van der Waals surface area contributed by atoms with Gasteiger partial charge >= 0.3 is 0 Å². The fourth-order valence-corrected chi connectivity index (χ4v) is 4.88. The van der Waals surface area contributed by atoms with Crippen molar-refractivity contribution < 1.29 is 14.3 Å². The highest BCUT2D eigenvalue weighted by atomic mass is 32.1. The zero-order valence-corrected chi connectivity index (χ0v) is 17.6. The van der Waals surface area contributed by atoms with E-state index in [1.165, 1.54) is 33.1 Å². The summed E-state index contributed by atoms with van der Waals surface area (Å²) >= 11 is 3.03. The van der Waals surface area contributed by atoms with Crippen molar-refractivity contribution in [2.45, 2.75) is 32.8 Å². The first kappa shape index (κ1) is 19.6. The molecule has 1 aromatic carbocycles. The van der Waals surface area contributed by atoms with Gasteiger partial charge in [0.05, 0.1) is 16.1 Å². The molecule has 150 valence electrons. The number of carbonyl (C=O) groups excluding carboxylic acids is 2. The monoisotopic (exact) mass is 427 g/mol. The van der Waals surface area contributed by atoms with Gasteiger partial charge in [0.2, 0.25) is 0 Å². The lowest BCUT2D eigenvalue weighted by molar-refractivity contribution is 0.0849. The van der Waals surface area contributed by atoms with Crippen LogP contribution in [0.2, 0.25) is 0 Å². The maximum absolute atomic E-state index is 12.4. The van der Waals surface area contributed by atoms with Crippen molar-refractivity contribution in [1.29, 1.82) is 0 Å². The topological polar surface area (TPSA) is 80.3 Å². The molecule has 0 saturated carbocycles. The highest BCUT2D eigenvalue weighted by Crippen LogP contribution is 2.32. The number of ether oxygens (including phenoxy) is 1. The molecular formula is C21H21N3O3S2. The number of hydrazine groups is 1. The van der Waals surface area contributed by atoms with Crippen LogP contribution in [0.3, 0.4) is 0 Å². The third kappa shape index (κ3) is 4.83. The number of amides is 2. The largest absolute Gasteiger partial charge is 0.487 e. The third-order valence-corrected chi connectivity index (χ3v) is 6.70. The van der Waals surface area contributed by atoms with Crippen molar-refractivity contribution in [2.24, 2.45) is 5.92 Å². The van der Waals surface area contributed by atoms with E-state index in [0.29, 0.717) is 28.7 Å². The van der Waals surface area contributed by atoms with Gasteiger partial charge in [-0.1, -0.05) is 6.92 Å². The van der Waals surface area contributed by atoms with E-state index in [1.807, 2.05) is 11.4 Å². The molecule has 0 aliphatic heterocycles. The van der Waals surface area contributed by atoms with Gasteiger partial charge in [0.1, 0.15) is 12.4 Å². The lowest BCUT2D eigenvalue weighted by Gasteiger charge is -2.16. The van der Waals surface area contributed by atoms with E-state index in [2.05, 4.69) is 22.8 Å². The number of rotatable bonds is 5. The second-order valence-electron chi connectivity index (χ2n) is 7.11. The molecule has 2 N–H and O–H groups in total. The van der Waals surface area contributed by atoms with Crippen LogP contribution in [-0.2, 0) is 19.4 Å². The molecule has 8 heteroatoms. The summed E-state index contributed by atoms with van der Waals surface area (Å²) in [6.45, 7) is 2.62. The number of hydrogen-bond acceptors (Lipinski definition) is 6. The van der Waals surface area contributed by atoms with Gasteiger partial charge in [0, 0.05) is 15.8 Å². The third-order valence-electron chi connectivity index (χ3n) is 4.83. The fraction of sp³-hybridized carbons (Fsp3) is 0.286. The Labute approximate surface area is 176 Å². The van der Waals surface area contributed by atoms with E-state index in [9.17, 15) is 9.59 Å². The number of carbonyl (C=O) groups is 2. The molecule has 0 bridgehead atoms. The van der Waals surface area contributed by atoms with E-state index in [-0.39, 0.29) is 11.8 Å². The van der Waals surface area contributed by atoms with E-state index in [1.54, 1.807) is 29.8 Å². The molecule has 1 aliphatic carbocycles. The van der Waals surface area contributed by atoms with Gasteiger partial charge in [-0.05, 0) is 61.1 Å². The number of thiazole rings is 1. The molecule has 6 nitrogen and oxygen atoms in total. The first-order valence-electron chi connectivity index (χ1n) is 9.40. The van der Waals surface area contributed by atoms with Gasteiger partial charge in [-0.15, -0.1) is 22.7 Å². The van der Waals surface area contributed by atoms with Crippen LogP contribution in [0, 0.1) is 5.92 Å². The minimum absolute atomic E-state index is 0.284. The standard InChI is InChI=1S/C21H21N3O3S2/c1-13-2-7-18-15(8-13)9-19(29-18)21(26)24-23-20(25)14-3-5-17(6-4-14)27-10-16-11-28-12-22-16/h3-6,9,11-13H,2,7-8,10H2,1H3,(H,23,25)(H,24,26). The summed E-state index contributed by atoms with van der Waals surface area (Å²) in [5.41, 5.74) is 9.31. The second-order valence-corrected chi connectivity index (χ2v) is 8.96. The molecule has 1 atom stereocenters. The molecule has 2 heterocycles. The Kier molecular flexibility index (Phi) is 5.92. The number of aryl methyl sites for hydroxylation is 1. The summed E-state index contributed by atoms with van der Waals surface area (Å²) < 4.78 is 5.63. The van der Waals surface area contributed by atoms with Gasteiger partial charge < -0.3 is 4.74 Å². The first-order chi connectivity index (χ1) is 14.1. The number of aromatic nitrogens is 1. The molecule has 0 spiro atoms. The molecule has 29 heavy (non-hydrogen) atoms. The van der Waals surface area contributed by atoms with Crippen molar-refractivity contribution in [3.05, 3.63) is 67.8 Å². The molecular weight excluding hydrogens is 406 g/mol. The molecule has 3 aromatic rings. The Morgan fingerprint density at radius 3 is 2.76 bits per heavy atom. The van der Waals surface area contributed by atoms with Crippen LogP contribution in [0.25, 0.3) is 0 Å². The maximum atomic E-state index is 12.4. The zero-order valence-electron chi connectivity index (χ0n) is 15.9. The molecule has 0 radical (unpaired) electrons. The summed E-state index contributed by atoms with van der Waals surface area (Å²) in [5.74, 6) is 0.645. The van der Waals surface area contributed by atoms with Gasteiger partial charge in [-0.25, -0.2) is 4.98 Å². The summed E-state index contributed by atoms with van der Waals surface area (Å²) in [6.07, 6.45) is 3.20. The van der Waals surface area contributed by atoms with Gasteiger partial charge in [-0.3, -0.25) is 20.4 Å². The van der Waals surface area contributed by atoms with Crippen molar-refractivity contribution in [1.82, 2.24) is 15.8 Å². The number of nitrogens with zero attached hydrogens (tertiary/aromatic N) is 1. The first-order valence-corrected chi connectivity index (χ1v) is 11.2. The lowest BCUT2D eigenvalue weighted by Crippen LogP contribution is -2.41. The molecule has 2 aromatic heterocycles. The van der Waals surface area contributed by atoms with Crippen LogP contribution in [0.4, 0.5) is 0 Å². The number of fused-ring (bicyclic) bond motifs is 1. The predicted molar refractivity (Wildman–Crippen MR) is 113 cm³/mol. The normalized spacial score (nSPS) is 15.4. The molecule has 0 saturated heterocycles. The number of benzene rings is 1. The average Bonchev–Trinajstić information content (AvgIpc) is 3.40. The lowest BCUT2D eigenvalue weighted by atomic mass is 9.90. The van der Waals surface area contributed by atoms with E-state index in [4.69, 9.17) is 4.74 Å². The Bertz CT molecular complexity index is 997. The minimum atomic E-state index is -0.376. The summed E-state index contributed by atoms with van der Waals surface area (Å²) in [4.78, 5) is 30.8. The van der Waals surface area contributed by atoms with Gasteiger partial charge in [-0.2, -0.15) is 0 Å². The van der Waals surface area contributed by atoms with Crippen LogP contribution < -0.4 is 15.6 Å². The van der Waals surface area contributed by atoms with Crippen LogP contribution >= 0.6 is 22.7 Å². The Balaban J connectivity index is 1.29. The fourth-order valence-electron chi connectivity index (χ4n) is 3.23. The quantitative estimate of drug-likeness (QED) is 0.604. The van der Waals surface area contributed by atoms with Gasteiger partial charge in [0.25, 0.3) is 11.8 Å². The SMILES string of the molecule is CC1CCc2sc(C(=O)NNC(=O)c3ccc(OCc4cscn4)cc3)cc2C1. The second kappa shape index (κ2) is 8.75. The van der Waals surface area contributed by atoms with Crippen LogP contribution in [-0.4, -0.2) is 16.8 Å². The number of thiophene rings is 1. The number of nitrogens with one attached hydrogen (secondary N) is 2. The highest BCUT2D eigenvalue weighted by Gasteiger charge is 2.21. The molecule has 1 aliphatic rings. The number of hydrogen-bond donors (Lipinski definition) is 2. The van der Waals surface area contributed by atoms with Crippen LogP contribution in [0.1, 0.15) is 49.5 Å². The van der Waals surface area contributed by atoms with Crippen molar-refractivity contribution in [3.63, 3.8) is 0 Å². The van der Waals surface area contributed by atoms with Crippen molar-refractivity contribution in [3.8, 4) is 5.75 Å². The molecule has 0 fully saturated rings. The Morgan fingerprint density at radius 1 is 1.21 bits per heavy atom. The van der Waals surface area contributed by atoms with Crippen molar-refractivity contribution >= 4 is 34.5 Å². The van der Waals surface area contributed by atoms with E-state index < -0.39 is 0 Å². The highest BCUT2D eigenvalue weighted by molar-refractivity contribution is 7.14. The molecule has 2 amide bonds. The summed E-state index contributed by atoms with van der Waals surface area (Å²) in [5, 5.41) is 1.93. The van der Waals surface area contributed by atoms with Crippen LogP contribution in [0.15, 0.2) is 41.2 Å². The smallest absolute Gasteiger partial charge is 0.279 e. The Morgan fingerprint density at radius 2 is 2.00 bits per heavy atom. The van der Waals surface area contributed by atoms with Gasteiger partial charge in [0.15, 0.2) is 0 Å². The summed E-state index contributed by atoms with van der Waals surface area (Å²) in [7, 11) is 0. The Hall–Kier alpha value is -2.71. The maximum Gasteiger partial charge on any atom is 0.279 e. The van der Waals surface area contributed by atoms with E-state index >= 15 is 0 Å². The van der Waals surface area contributed by atoms with E-state index in [0.717, 1.165) is 25.0 Å². The average molecular weight is 428 g/mol. The molecule has 4 rings (SSSR count). The molecule has 1 unspecified atom stereocenters. The van der Waals surface area contributed by atoms with Crippen LogP contribution in [0.5, 0.6) is 5.75 Å².